The average Bonchev–Trinajstić information content (AvgIpc) is 2.54. The lowest BCUT2D eigenvalue weighted by atomic mass is 9.96. The molecule has 1 amide bonds. The van der Waals surface area contributed by atoms with Crippen molar-refractivity contribution in [2.24, 2.45) is 5.92 Å². The number of hydrogen-bond acceptors (Lipinski definition) is 5. The number of morpholine rings is 1. The predicted molar refractivity (Wildman–Crippen MR) is 83.8 cm³/mol. The zero-order valence-corrected chi connectivity index (χ0v) is 13.4. The molecular formula is C16H24N4O2. The summed E-state index contributed by atoms with van der Waals surface area (Å²) in [4.78, 5) is 25.7. The maximum atomic E-state index is 12.7. The first-order valence-corrected chi connectivity index (χ1v) is 8.07. The molecule has 1 aromatic rings. The van der Waals surface area contributed by atoms with Crippen molar-refractivity contribution in [2.75, 3.05) is 44.3 Å². The normalized spacial score (nSPS) is 22.7. The van der Waals surface area contributed by atoms with Crippen LogP contribution in [-0.4, -0.2) is 60.2 Å². The summed E-state index contributed by atoms with van der Waals surface area (Å²) >= 11 is 0. The maximum absolute atomic E-state index is 12.7. The van der Waals surface area contributed by atoms with Crippen LogP contribution in [0.1, 0.15) is 24.4 Å². The lowest BCUT2D eigenvalue weighted by molar-refractivity contribution is -0.139. The SMILES string of the molecule is Cc1cc(N2CCCC(C(=O)N3CCOCC3)C2)nc(C)n1. The van der Waals surface area contributed by atoms with Gasteiger partial charge < -0.3 is 14.5 Å². The summed E-state index contributed by atoms with van der Waals surface area (Å²) in [6, 6.07) is 2.01. The fraction of sp³-hybridized carbons (Fsp3) is 0.688. The largest absolute Gasteiger partial charge is 0.378 e. The molecule has 0 bridgehead atoms. The van der Waals surface area contributed by atoms with Crippen molar-refractivity contribution >= 4 is 11.7 Å². The second-order valence-electron chi connectivity index (χ2n) is 6.14. The first kappa shape index (κ1) is 15.2. The van der Waals surface area contributed by atoms with Gasteiger partial charge in [0.15, 0.2) is 0 Å². The van der Waals surface area contributed by atoms with Crippen molar-refractivity contribution in [1.82, 2.24) is 14.9 Å². The minimum atomic E-state index is 0.0717. The molecule has 2 saturated heterocycles. The molecule has 6 nitrogen and oxygen atoms in total. The number of nitrogens with zero attached hydrogens (tertiary/aromatic N) is 4. The van der Waals surface area contributed by atoms with Gasteiger partial charge in [-0.15, -0.1) is 0 Å². The van der Waals surface area contributed by atoms with Gasteiger partial charge in [0.05, 0.1) is 19.1 Å². The summed E-state index contributed by atoms with van der Waals surface area (Å²) in [6.07, 6.45) is 2.00. The quantitative estimate of drug-likeness (QED) is 0.821. The molecular weight excluding hydrogens is 280 g/mol. The second kappa shape index (κ2) is 6.60. The van der Waals surface area contributed by atoms with Crippen molar-refractivity contribution in [3.63, 3.8) is 0 Å². The maximum Gasteiger partial charge on any atom is 0.227 e. The topological polar surface area (TPSA) is 58.6 Å². The summed E-state index contributed by atoms with van der Waals surface area (Å²) in [7, 11) is 0. The molecule has 120 valence electrons. The minimum Gasteiger partial charge on any atom is -0.378 e. The van der Waals surface area contributed by atoms with Crippen molar-refractivity contribution in [1.29, 1.82) is 0 Å². The van der Waals surface area contributed by atoms with E-state index < -0.39 is 0 Å². The number of ether oxygens (including phenoxy) is 1. The smallest absolute Gasteiger partial charge is 0.227 e. The summed E-state index contributed by atoms with van der Waals surface area (Å²) in [6.45, 7) is 8.38. The van der Waals surface area contributed by atoms with Gasteiger partial charge in [-0.25, -0.2) is 9.97 Å². The fourth-order valence-corrected chi connectivity index (χ4v) is 3.29. The highest BCUT2D eigenvalue weighted by Gasteiger charge is 2.30. The Morgan fingerprint density at radius 2 is 2.00 bits per heavy atom. The van der Waals surface area contributed by atoms with Crippen LogP contribution in [-0.2, 0) is 9.53 Å². The molecule has 2 aliphatic rings. The summed E-state index contributed by atoms with van der Waals surface area (Å²) in [5.74, 6) is 2.08. The Hall–Kier alpha value is -1.69. The third-order valence-electron chi connectivity index (χ3n) is 4.37. The molecule has 0 aliphatic carbocycles. The van der Waals surface area contributed by atoms with E-state index in [9.17, 15) is 4.79 Å². The number of aromatic nitrogens is 2. The van der Waals surface area contributed by atoms with E-state index >= 15 is 0 Å². The predicted octanol–water partition coefficient (Wildman–Crippen LogP) is 1.17. The van der Waals surface area contributed by atoms with Crippen LogP contribution in [0.4, 0.5) is 5.82 Å². The fourth-order valence-electron chi connectivity index (χ4n) is 3.29. The average molecular weight is 304 g/mol. The van der Waals surface area contributed by atoms with E-state index in [1.807, 2.05) is 24.8 Å². The van der Waals surface area contributed by atoms with Gasteiger partial charge >= 0.3 is 0 Å². The van der Waals surface area contributed by atoms with Crippen LogP contribution in [0.2, 0.25) is 0 Å². The third kappa shape index (κ3) is 3.38. The molecule has 0 N–H and O–H groups in total. The molecule has 0 spiro atoms. The number of aryl methyl sites for hydroxylation is 2. The van der Waals surface area contributed by atoms with E-state index in [0.29, 0.717) is 13.2 Å². The zero-order chi connectivity index (χ0) is 15.5. The zero-order valence-electron chi connectivity index (χ0n) is 13.4. The van der Waals surface area contributed by atoms with Crippen molar-refractivity contribution in [2.45, 2.75) is 26.7 Å². The highest BCUT2D eigenvalue weighted by Crippen LogP contribution is 2.24. The summed E-state index contributed by atoms with van der Waals surface area (Å²) in [5.41, 5.74) is 0.976. The van der Waals surface area contributed by atoms with Gasteiger partial charge in [-0.05, 0) is 26.7 Å². The first-order chi connectivity index (χ1) is 10.6. The Labute approximate surface area is 131 Å². The number of rotatable bonds is 2. The Morgan fingerprint density at radius 1 is 1.23 bits per heavy atom. The second-order valence-corrected chi connectivity index (χ2v) is 6.14. The van der Waals surface area contributed by atoms with Crippen LogP contribution in [0, 0.1) is 19.8 Å². The summed E-state index contributed by atoms with van der Waals surface area (Å²) in [5, 5.41) is 0. The van der Waals surface area contributed by atoms with E-state index in [1.165, 1.54) is 0 Å². The van der Waals surface area contributed by atoms with E-state index in [0.717, 1.165) is 56.4 Å². The van der Waals surface area contributed by atoms with Crippen molar-refractivity contribution < 1.29 is 9.53 Å². The van der Waals surface area contributed by atoms with E-state index in [4.69, 9.17) is 4.74 Å². The van der Waals surface area contributed by atoms with Gasteiger partial charge in [-0.3, -0.25) is 4.79 Å². The molecule has 0 saturated carbocycles. The lowest BCUT2D eigenvalue weighted by Gasteiger charge is -2.36. The molecule has 1 atom stereocenters. The Kier molecular flexibility index (Phi) is 4.57. The molecule has 0 aromatic carbocycles. The standard InChI is InChI=1S/C16H24N4O2/c1-12-10-15(18-13(2)17-12)20-5-3-4-14(11-20)16(21)19-6-8-22-9-7-19/h10,14H,3-9,11H2,1-2H3. The van der Waals surface area contributed by atoms with Gasteiger partial charge in [0.25, 0.3) is 0 Å². The molecule has 0 radical (unpaired) electrons. The lowest BCUT2D eigenvalue weighted by Crippen LogP contribution is -2.48. The van der Waals surface area contributed by atoms with E-state index in [-0.39, 0.29) is 11.8 Å². The van der Waals surface area contributed by atoms with Gasteiger partial charge in [-0.2, -0.15) is 0 Å². The molecule has 22 heavy (non-hydrogen) atoms. The molecule has 2 aliphatic heterocycles. The first-order valence-electron chi connectivity index (χ1n) is 8.07. The van der Waals surface area contributed by atoms with Crippen LogP contribution in [0.3, 0.4) is 0 Å². The number of anilines is 1. The van der Waals surface area contributed by atoms with Crippen LogP contribution in [0.25, 0.3) is 0 Å². The Bertz CT molecular complexity index is 523. The summed E-state index contributed by atoms with van der Waals surface area (Å²) < 4.78 is 5.33. The van der Waals surface area contributed by atoms with Crippen LogP contribution >= 0.6 is 0 Å². The molecule has 1 aromatic heterocycles. The molecule has 1 unspecified atom stereocenters. The number of carbonyl (C=O) groups is 1. The van der Waals surface area contributed by atoms with E-state index in [1.54, 1.807) is 0 Å². The minimum absolute atomic E-state index is 0.0717. The highest BCUT2D eigenvalue weighted by molar-refractivity contribution is 5.79. The number of carbonyl (C=O) groups excluding carboxylic acids is 1. The van der Waals surface area contributed by atoms with E-state index in [2.05, 4.69) is 14.9 Å². The van der Waals surface area contributed by atoms with Crippen LogP contribution in [0.5, 0.6) is 0 Å². The molecule has 3 rings (SSSR count). The van der Waals surface area contributed by atoms with Gasteiger partial charge in [0.2, 0.25) is 5.91 Å². The molecule has 3 heterocycles. The Balaban J connectivity index is 1.69. The van der Waals surface area contributed by atoms with Crippen LogP contribution < -0.4 is 4.90 Å². The number of amides is 1. The Morgan fingerprint density at radius 3 is 2.73 bits per heavy atom. The highest BCUT2D eigenvalue weighted by atomic mass is 16.5. The van der Waals surface area contributed by atoms with Gasteiger partial charge in [0, 0.05) is 37.9 Å². The monoisotopic (exact) mass is 304 g/mol. The number of piperidine rings is 1. The van der Waals surface area contributed by atoms with Crippen molar-refractivity contribution in [3.8, 4) is 0 Å². The van der Waals surface area contributed by atoms with Gasteiger partial charge in [-0.1, -0.05) is 0 Å². The van der Waals surface area contributed by atoms with Gasteiger partial charge in [0.1, 0.15) is 11.6 Å². The van der Waals surface area contributed by atoms with Crippen molar-refractivity contribution in [3.05, 3.63) is 17.6 Å². The third-order valence-corrected chi connectivity index (χ3v) is 4.37. The number of hydrogen-bond donors (Lipinski definition) is 0. The van der Waals surface area contributed by atoms with Crippen LogP contribution in [0.15, 0.2) is 6.07 Å². The molecule has 2 fully saturated rings. The molecule has 6 heteroatoms.